The van der Waals surface area contributed by atoms with Crippen molar-refractivity contribution in [1.29, 1.82) is 0 Å². The zero-order chi connectivity index (χ0) is 18.7. The number of carbonyl (C=O) groups excluding carboxylic acids is 1. The van der Waals surface area contributed by atoms with Gasteiger partial charge in [-0.25, -0.2) is 4.98 Å². The lowest BCUT2D eigenvalue weighted by Crippen LogP contribution is -2.31. The summed E-state index contributed by atoms with van der Waals surface area (Å²) in [6.45, 7) is 3.77. The number of amides is 1. The van der Waals surface area contributed by atoms with Gasteiger partial charge in [0.2, 0.25) is 0 Å². The second kappa shape index (κ2) is 7.81. The molecule has 0 unspecified atom stereocenters. The number of nitrogens with zero attached hydrogens (tertiary/aromatic N) is 3. The summed E-state index contributed by atoms with van der Waals surface area (Å²) < 4.78 is 0. The summed E-state index contributed by atoms with van der Waals surface area (Å²) in [5, 5.41) is 12.5. The van der Waals surface area contributed by atoms with Crippen molar-refractivity contribution in [3.8, 4) is 22.6 Å². The second-order valence-electron chi connectivity index (χ2n) is 5.97. The summed E-state index contributed by atoms with van der Waals surface area (Å²) >= 11 is 11.9. The molecule has 0 saturated carbocycles. The minimum absolute atomic E-state index is 0.0329. The summed E-state index contributed by atoms with van der Waals surface area (Å²) in [5.74, 6) is 0.0448. The van der Waals surface area contributed by atoms with Gasteiger partial charge in [-0.3, -0.25) is 4.79 Å². The fourth-order valence-corrected chi connectivity index (χ4v) is 2.59. The summed E-state index contributed by atoms with van der Waals surface area (Å²) in [4.78, 5) is 17.1. The molecule has 2 aromatic carbocycles. The highest BCUT2D eigenvalue weighted by molar-refractivity contribution is 6.30. The predicted octanol–water partition coefficient (Wildman–Crippen LogP) is 4.65. The van der Waals surface area contributed by atoms with Gasteiger partial charge in [-0.2, -0.15) is 0 Å². The van der Waals surface area contributed by atoms with Crippen LogP contribution in [0.2, 0.25) is 10.0 Å². The first-order valence-electron chi connectivity index (χ1n) is 8.01. The molecule has 132 valence electrons. The van der Waals surface area contributed by atoms with Crippen LogP contribution in [0.5, 0.6) is 0 Å². The van der Waals surface area contributed by atoms with E-state index >= 15 is 0 Å². The molecule has 0 saturated heterocycles. The van der Waals surface area contributed by atoms with Gasteiger partial charge < -0.3 is 5.32 Å². The van der Waals surface area contributed by atoms with Gasteiger partial charge in [0, 0.05) is 27.2 Å². The second-order valence-corrected chi connectivity index (χ2v) is 6.85. The lowest BCUT2D eigenvalue weighted by Gasteiger charge is -2.12. The number of rotatable bonds is 4. The van der Waals surface area contributed by atoms with Gasteiger partial charge in [0.25, 0.3) is 5.91 Å². The van der Waals surface area contributed by atoms with Crippen LogP contribution in [-0.2, 0) is 0 Å². The highest BCUT2D eigenvalue weighted by Crippen LogP contribution is 2.24. The highest BCUT2D eigenvalue weighted by Gasteiger charge is 2.19. The molecule has 5 nitrogen and oxygen atoms in total. The van der Waals surface area contributed by atoms with Crippen LogP contribution in [0.1, 0.15) is 24.3 Å². The molecule has 7 heteroatoms. The third-order valence-corrected chi connectivity index (χ3v) is 4.05. The first-order valence-corrected chi connectivity index (χ1v) is 8.77. The maximum Gasteiger partial charge on any atom is 0.272 e. The molecular formula is C19H16Cl2N4O. The Morgan fingerprint density at radius 2 is 1.42 bits per heavy atom. The van der Waals surface area contributed by atoms with Crippen molar-refractivity contribution in [3.05, 3.63) is 64.3 Å². The Bertz CT molecular complexity index is 925. The molecule has 3 aromatic rings. The van der Waals surface area contributed by atoms with E-state index in [0.717, 1.165) is 5.56 Å². The Morgan fingerprint density at radius 1 is 0.885 bits per heavy atom. The molecule has 1 heterocycles. The molecule has 26 heavy (non-hydrogen) atoms. The molecule has 3 rings (SSSR count). The van der Waals surface area contributed by atoms with Crippen LogP contribution in [-0.4, -0.2) is 27.1 Å². The van der Waals surface area contributed by atoms with Crippen molar-refractivity contribution in [2.75, 3.05) is 0 Å². The summed E-state index contributed by atoms with van der Waals surface area (Å²) in [6.07, 6.45) is 0. The Labute approximate surface area is 161 Å². The molecule has 0 spiro atoms. The highest BCUT2D eigenvalue weighted by atomic mass is 35.5. The van der Waals surface area contributed by atoms with E-state index in [-0.39, 0.29) is 17.6 Å². The number of benzene rings is 2. The molecule has 0 aliphatic carbocycles. The first-order chi connectivity index (χ1) is 12.4. The third-order valence-electron chi connectivity index (χ3n) is 3.54. The Kier molecular flexibility index (Phi) is 5.49. The van der Waals surface area contributed by atoms with Crippen LogP contribution >= 0.6 is 23.2 Å². The summed E-state index contributed by atoms with van der Waals surface area (Å²) in [7, 11) is 0. The van der Waals surface area contributed by atoms with E-state index in [1.54, 1.807) is 48.5 Å². The zero-order valence-corrected chi connectivity index (χ0v) is 15.7. The van der Waals surface area contributed by atoms with Gasteiger partial charge in [-0.1, -0.05) is 35.3 Å². The maximum atomic E-state index is 12.7. The molecule has 1 amide bonds. The van der Waals surface area contributed by atoms with Crippen LogP contribution in [0, 0.1) is 0 Å². The van der Waals surface area contributed by atoms with E-state index in [4.69, 9.17) is 23.2 Å². The molecular weight excluding hydrogens is 371 g/mol. The quantitative estimate of drug-likeness (QED) is 0.708. The van der Waals surface area contributed by atoms with Crippen molar-refractivity contribution in [2.45, 2.75) is 19.9 Å². The van der Waals surface area contributed by atoms with E-state index in [1.165, 1.54) is 0 Å². The number of halogens is 2. The largest absolute Gasteiger partial charge is 0.348 e. The monoisotopic (exact) mass is 386 g/mol. The van der Waals surface area contributed by atoms with Crippen molar-refractivity contribution < 1.29 is 4.79 Å². The van der Waals surface area contributed by atoms with Crippen molar-refractivity contribution >= 4 is 29.1 Å². The van der Waals surface area contributed by atoms with E-state index in [0.29, 0.717) is 27.1 Å². The summed E-state index contributed by atoms with van der Waals surface area (Å²) in [5.41, 5.74) is 2.05. The molecule has 0 atom stereocenters. The van der Waals surface area contributed by atoms with Gasteiger partial charge in [0.15, 0.2) is 11.5 Å². The van der Waals surface area contributed by atoms with Crippen LogP contribution < -0.4 is 5.32 Å². The number of carbonyl (C=O) groups is 1. The molecule has 0 bridgehead atoms. The van der Waals surface area contributed by atoms with Crippen LogP contribution in [0.3, 0.4) is 0 Å². The Hall–Kier alpha value is -2.50. The van der Waals surface area contributed by atoms with E-state index in [9.17, 15) is 4.79 Å². The number of hydrogen-bond donors (Lipinski definition) is 1. The molecule has 0 radical (unpaired) electrons. The molecule has 1 aromatic heterocycles. The van der Waals surface area contributed by atoms with Crippen LogP contribution in [0.25, 0.3) is 22.6 Å². The fourth-order valence-electron chi connectivity index (χ4n) is 2.34. The number of nitrogens with one attached hydrogen (secondary N) is 1. The minimum atomic E-state index is -0.310. The molecule has 1 N–H and O–H groups in total. The van der Waals surface area contributed by atoms with Gasteiger partial charge in [0.05, 0.1) is 0 Å². The zero-order valence-electron chi connectivity index (χ0n) is 14.2. The van der Waals surface area contributed by atoms with Crippen molar-refractivity contribution in [2.24, 2.45) is 0 Å². The third kappa shape index (κ3) is 4.18. The number of aromatic nitrogens is 3. The topological polar surface area (TPSA) is 67.8 Å². The lowest BCUT2D eigenvalue weighted by molar-refractivity contribution is 0.0938. The average molecular weight is 387 g/mol. The van der Waals surface area contributed by atoms with Crippen molar-refractivity contribution in [1.82, 2.24) is 20.5 Å². The number of hydrogen-bond acceptors (Lipinski definition) is 4. The van der Waals surface area contributed by atoms with E-state index in [2.05, 4.69) is 20.5 Å². The predicted molar refractivity (Wildman–Crippen MR) is 103 cm³/mol. The first kappa shape index (κ1) is 18.3. The Balaban J connectivity index is 2.10. The Morgan fingerprint density at radius 3 is 1.96 bits per heavy atom. The normalized spacial score (nSPS) is 10.8. The molecule has 0 fully saturated rings. The standard InChI is InChI=1S/C19H16Cl2N4O/c1-11(2)22-19(26)17-16(12-3-7-14(20)8-4-12)24-25-18(23-17)13-5-9-15(21)10-6-13/h3-11H,1-2H3,(H,22,26). The van der Waals surface area contributed by atoms with E-state index in [1.807, 2.05) is 13.8 Å². The van der Waals surface area contributed by atoms with Gasteiger partial charge in [-0.15, -0.1) is 10.2 Å². The van der Waals surface area contributed by atoms with Crippen LogP contribution in [0.15, 0.2) is 48.5 Å². The maximum absolute atomic E-state index is 12.7. The molecule has 0 aliphatic heterocycles. The van der Waals surface area contributed by atoms with Gasteiger partial charge >= 0.3 is 0 Å². The molecule has 0 aliphatic rings. The van der Waals surface area contributed by atoms with Crippen molar-refractivity contribution in [3.63, 3.8) is 0 Å². The lowest BCUT2D eigenvalue weighted by atomic mass is 10.1. The SMILES string of the molecule is CC(C)NC(=O)c1nc(-c2ccc(Cl)cc2)nnc1-c1ccc(Cl)cc1. The minimum Gasteiger partial charge on any atom is -0.348 e. The van der Waals surface area contributed by atoms with E-state index < -0.39 is 0 Å². The summed E-state index contributed by atoms with van der Waals surface area (Å²) in [6, 6.07) is 14.0. The van der Waals surface area contributed by atoms with Gasteiger partial charge in [0.1, 0.15) is 5.69 Å². The smallest absolute Gasteiger partial charge is 0.272 e. The average Bonchev–Trinajstić information content (AvgIpc) is 2.62. The van der Waals surface area contributed by atoms with Crippen LogP contribution in [0.4, 0.5) is 0 Å². The fraction of sp³-hybridized carbons (Fsp3) is 0.158. The van der Waals surface area contributed by atoms with Gasteiger partial charge in [-0.05, 0) is 50.2 Å².